The summed E-state index contributed by atoms with van der Waals surface area (Å²) < 4.78 is 28.0. The summed E-state index contributed by atoms with van der Waals surface area (Å²) in [6, 6.07) is 8.95. The van der Waals surface area contributed by atoms with Crippen molar-refractivity contribution in [2.24, 2.45) is 5.92 Å². The molecule has 3 aliphatic rings. The van der Waals surface area contributed by atoms with Crippen molar-refractivity contribution < 1.29 is 43.2 Å². The van der Waals surface area contributed by atoms with Crippen molar-refractivity contribution in [2.45, 2.75) is 51.5 Å². The fourth-order valence-corrected chi connectivity index (χ4v) is 5.96. The normalized spacial score (nSPS) is 20.8. The SMILES string of the molecule is CCCON(CCC)C(=O)CN1C[C@H](c2cc(OC)c3c(c2)OCO3)C(C(=O)O)[C@@H]1CCc1cccc2c1OCO2. The summed E-state index contributed by atoms with van der Waals surface area (Å²) in [4.78, 5) is 34.1. The molecule has 0 saturated carbocycles. The third-order valence-electron chi connectivity index (χ3n) is 7.82. The quantitative estimate of drug-likeness (QED) is 0.356. The van der Waals surface area contributed by atoms with Gasteiger partial charge in [0.05, 0.1) is 26.2 Å². The Hall–Kier alpha value is -3.70. The molecule has 3 aliphatic heterocycles. The van der Waals surface area contributed by atoms with Gasteiger partial charge in [-0.25, -0.2) is 5.06 Å². The summed E-state index contributed by atoms with van der Waals surface area (Å²) in [6.45, 7) is 5.53. The summed E-state index contributed by atoms with van der Waals surface area (Å²) in [6.07, 6.45) is 2.60. The maximum absolute atomic E-state index is 13.5. The van der Waals surface area contributed by atoms with E-state index in [2.05, 4.69) is 0 Å². The van der Waals surface area contributed by atoms with E-state index in [4.69, 9.17) is 28.5 Å². The number of rotatable bonds is 13. The standard InChI is InChI=1S/C30H38N2O9/c1-4-11-32(41-12-5-2)26(33)16-31-15-21(20-13-24(36-3)29-25(14-20)38-18-40-29)27(30(34)35)22(31)10-9-19-7-6-8-23-28(19)39-17-37-23/h6-8,13-14,21-22,27H,4-5,9-12,15-18H2,1-3H3,(H,34,35)/t21-,22+,27?/m1/s1. The first-order valence-electron chi connectivity index (χ1n) is 14.2. The number of likely N-dealkylation sites (tertiary alicyclic amines) is 1. The second-order valence-corrected chi connectivity index (χ2v) is 10.4. The van der Waals surface area contributed by atoms with Crippen molar-refractivity contribution in [2.75, 3.05) is 46.9 Å². The van der Waals surface area contributed by atoms with Gasteiger partial charge < -0.3 is 28.8 Å². The van der Waals surface area contributed by atoms with Crippen LogP contribution in [-0.4, -0.2) is 79.9 Å². The van der Waals surface area contributed by atoms with E-state index in [1.54, 1.807) is 7.11 Å². The lowest BCUT2D eigenvalue weighted by atomic mass is 9.83. The predicted molar refractivity (Wildman–Crippen MR) is 147 cm³/mol. The van der Waals surface area contributed by atoms with E-state index in [0.29, 0.717) is 61.3 Å². The topological polar surface area (TPSA) is 116 Å². The number of hydrogen-bond acceptors (Lipinski definition) is 9. The van der Waals surface area contributed by atoms with Gasteiger partial charge in [-0.05, 0) is 55.0 Å². The molecule has 1 fully saturated rings. The number of amides is 1. The zero-order chi connectivity index (χ0) is 28.9. The Kier molecular flexibility index (Phi) is 9.04. The van der Waals surface area contributed by atoms with Crippen LogP contribution in [0.5, 0.6) is 28.7 Å². The summed E-state index contributed by atoms with van der Waals surface area (Å²) in [5.41, 5.74) is 1.71. The maximum Gasteiger partial charge on any atom is 0.308 e. The molecule has 0 aliphatic carbocycles. The van der Waals surface area contributed by atoms with Crippen molar-refractivity contribution in [1.29, 1.82) is 0 Å². The second kappa shape index (κ2) is 12.9. The van der Waals surface area contributed by atoms with Gasteiger partial charge in [0.2, 0.25) is 19.3 Å². The van der Waals surface area contributed by atoms with Crippen LogP contribution >= 0.6 is 0 Å². The third-order valence-corrected chi connectivity index (χ3v) is 7.82. The van der Waals surface area contributed by atoms with Crippen molar-refractivity contribution in [3.63, 3.8) is 0 Å². The summed E-state index contributed by atoms with van der Waals surface area (Å²) in [5.74, 6) is 0.603. The van der Waals surface area contributed by atoms with Crippen molar-refractivity contribution in [1.82, 2.24) is 9.96 Å². The largest absolute Gasteiger partial charge is 0.493 e. The molecule has 11 nitrogen and oxygen atoms in total. The molecule has 2 aromatic rings. The lowest BCUT2D eigenvalue weighted by Crippen LogP contribution is -2.44. The molecule has 0 radical (unpaired) electrons. The lowest BCUT2D eigenvalue weighted by molar-refractivity contribution is -0.188. The van der Waals surface area contributed by atoms with Crippen LogP contribution in [0.1, 0.15) is 50.2 Å². The number of carbonyl (C=O) groups excluding carboxylic acids is 1. The number of aliphatic carboxylic acids is 1. The van der Waals surface area contributed by atoms with Gasteiger partial charge in [-0.1, -0.05) is 26.0 Å². The Morgan fingerprint density at radius 2 is 1.83 bits per heavy atom. The van der Waals surface area contributed by atoms with E-state index in [1.807, 2.05) is 49.1 Å². The first kappa shape index (κ1) is 28.8. The molecule has 222 valence electrons. The van der Waals surface area contributed by atoms with Crippen LogP contribution in [0.25, 0.3) is 0 Å². The summed E-state index contributed by atoms with van der Waals surface area (Å²) >= 11 is 0. The van der Waals surface area contributed by atoms with E-state index in [1.165, 1.54) is 5.06 Å². The van der Waals surface area contributed by atoms with Gasteiger partial charge in [-0.15, -0.1) is 0 Å². The first-order chi connectivity index (χ1) is 19.9. The van der Waals surface area contributed by atoms with Crippen LogP contribution in [0, 0.1) is 5.92 Å². The van der Waals surface area contributed by atoms with Gasteiger partial charge in [0.25, 0.3) is 5.91 Å². The molecule has 1 amide bonds. The number of carboxylic acids is 1. The van der Waals surface area contributed by atoms with Crippen molar-refractivity contribution in [3.05, 3.63) is 41.5 Å². The lowest BCUT2D eigenvalue weighted by Gasteiger charge is -2.29. The minimum absolute atomic E-state index is 0.0445. The number of benzene rings is 2. The Balaban J connectivity index is 1.45. The number of aryl methyl sites for hydroxylation is 1. The molecular weight excluding hydrogens is 532 g/mol. The summed E-state index contributed by atoms with van der Waals surface area (Å²) in [5, 5.41) is 12.0. The van der Waals surface area contributed by atoms with Crippen LogP contribution in [0.15, 0.2) is 30.3 Å². The molecule has 11 heteroatoms. The number of nitrogens with zero attached hydrogens (tertiary/aromatic N) is 2. The zero-order valence-corrected chi connectivity index (χ0v) is 23.8. The molecule has 1 unspecified atom stereocenters. The van der Waals surface area contributed by atoms with Crippen LogP contribution in [0.3, 0.4) is 0 Å². The highest BCUT2D eigenvalue weighted by Crippen LogP contribution is 2.47. The van der Waals surface area contributed by atoms with Gasteiger partial charge in [0.1, 0.15) is 0 Å². The fourth-order valence-electron chi connectivity index (χ4n) is 5.96. The smallest absolute Gasteiger partial charge is 0.308 e. The molecular formula is C30H38N2O9. The highest BCUT2D eigenvalue weighted by molar-refractivity contribution is 5.78. The molecule has 0 bridgehead atoms. The molecule has 5 rings (SSSR count). The van der Waals surface area contributed by atoms with Gasteiger partial charge in [-0.2, -0.15) is 0 Å². The molecule has 3 heterocycles. The Morgan fingerprint density at radius 1 is 1.05 bits per heavy atom. The molecule has 0 spiro atoms. The van der Waals surface area contributed by atoms with E-state index in [9.17, 15) is 14.7 Å². The average molecular weight is 571 g/mol. The molecule has 2 aromatic carbocycles. The van der Waals surface area contributed by atoms with Gasteiger partial charge in [0.15, 0.2) is 23.0 Å². The number of hydroxylamine groups is 2. The van der Waals surface area contributed by atoms with Crippen LogP contribution < -0.4 is 23.7 Å². The van der Waals surface area contributed by atoms with Crippen molar-refractivity contribution >= 4 is 11.9 Å². The van der Waals surface area contributed by atoms with E-state index in [0.717, 1.165) is 24.0 Å². The fraction of sp³-hybridized carbons (Fsp3) is 0.533. The number of carbonyl (C=O) groups is 2. The number of para-hydroxylation sites is 1. The number of carboxylic acid groups (broad SMARTS) is 1. The number of ether oxygens (including phenoxy) is 5. The molecule has 41 heavy (non-hydrogen) atoms. The van der Waals surface area contributed by atoms with Gasteiger partial charge in [-0.3, -0.25) is 19.3 Å². The second-order valence-electron chi connectivity index (χ2n) is 10.4. The molecule has 1 saturated heterocycles. The average Bonchev–Trinajstić information content (AvgIpc) is 3.72. The van der Waals surface area contributed by atoms with Crippen molar-refractivity contribution in [3.8, 4) is 28.7 Å². The molecule has 1 N–H and O–H groups in total. The number of fused-ring (bicyclic) bond motifs is 2. The first-order valence-corrected chi connectivity index (χ1v) is 14.2. The summed E-state index contributed by atoms with van der Waals surface area (Å²) in [7, 11) is 1.54. The predicted octanol–water partition coefficient (Wildman–Crippen LogP) is 3.83. The number of hydrogen-bond donors (Lipinski definition) is 1. The monoisotopic (exact) mass is 570 g/mol. The minimum atomic E-state index is -0.919. The highest BCUT2D eigenvalue weighted by atomic mass is 16.7. The third kappa shape index (κ3) is 6.01. The Bertz CT molecular complexity index is 1250. The van der Waals surface area contributed by atoms with Crippen LogP contribution in [0.2, 0.25) is 0 Å². The van der Waals surface area contributed by atoms with Crippen LogP contribution in [0.4, 0.5) is 0 Å². The zero-order valence-electron chi connectivity index (χ0n) is 23.8. The van der Waals surface area contributed by atoms with Crippen LogP contribution in [-0.2, 0) is 20.8 Å². The molecule has 0 aromatic heterocycles. The maximum atomic E-state index is 13.5. The van der Waals surface area contributed by atoms with Gasteiger partial charge in [0, 0.05) is 25.0 Å². The Morgan fingerprint density at radius 3 is 2.56 bits per heavy atom. The van der Waals surface area contributed by atoms with Gasteiger partial charge >= 0.3 is 5.97 Å². The highest BCUT2D eigenvalue weighted by Gasteiger charge is 2.47. The van der Waals surface area contributed by atoms with E-state index >= 15 is 0 Å². The number of methoxy groups -OCH3 is 1. The van der Waals surface area contributed by atoms with E-state index < -0.39 is 23.8 Å². The Labute approximate surface area is 239 Å². The van der Waals surface area contributed by atoms with E-state index in [-0.39, 0.29) is 26.0 Å². The molecule has 3 atom stereocenters. The minimum Gasteiger partial charge on any atom is -0.493 e.